The fourth-order valence-corrected chi connectivity index (χ4v) is 1.59. The van der Waals surface area contributed by atoms with Crippen molar-refractivity contribution in [2.45, 2.75) is 19.0 Å². The second-order valence-corrected chi connectivity index (χ2v) is 3.59. The Morgan fingerprint density at radius 3 is 2.77 bits per heavy atom. The van der Waals surface area contributed by atoms with Gasteiger partial charge in [-0.1, -0.05) is 11.8 Å². The van der Waals surface area contributed by atoms with Crippen molar-refractivity contribution in [2.24, 2.45) is 0 Å². The smallest absolute Gasteiger partial charge is 0.209 e. The van der Waals surface area contributed by atoms with Gasteiger partial charge >= 0.3 is 0 Å². The van der Waals surface area contributed by atoms with Gasteiger partial charge in [0.05, 0.1) is 0 Å². The number of aryl methyl sites for hydroxylation is 2. The Morgan fingerprint density at radius 1 is 1.31 bits per heavy atom. The largest absolute Gasteiger partial charge is 0.238 e. The summed E-state index contributed by atoms with van der Waals surface area (Å²) in [5, 5.41) is 5.07. The first kappa shape index (κ1) is 8.50. The number of thioether (sulfide) groups is 1. The molecule has 0 saturated heterocycles. The predicted molar refractivity (Wildman–Crippen MR) is 52.0 cm³/mol. The molecule has 0 N–H and O–H groups in total. The van der Waals surface area contributed by atoms with E-state index in [9.17, 15) is 0 Å². The van der Waals surface area contributed by atoms with Crippen LogP contribution < -0.4 is 0 Å². The van der Waals surface area contributed by atoms with E-state index in [0.717, 1.165) is 22.3 Å². The van der Waals surface area contributed by atoms with Crippen LogP contribution in [0.3, 0.4) is 0 Å². The van der Waals surface area contributed by atoms with E-state index in [1.807, 2.05) is 26.2 Å². The summed E-state index contributed by atoms with van der Waals surface area (Å²) in [6.45, 7) is 3.89. The fourth-order valence-electron chi connectivity index (χ4n) is 1.24. The maximum atomic E-state index is 4.33. The summed E-state index contributed by atoms with van der Waals surface area (Å²) in [4.78, 5) is 8.63. The Balaban J connectivity index is 2.75. The van der Waals surface area contributed by atoms with Gasteiger partial charge in [0.15, 0.2) is 5.65 Å². The fraction of sp³-hybridized carbons (Fsp3) is 0.375. The van der Waals surface area contributed by atoms with E-state index in [2.05, 4.69) is 15.1 Å². The van der Waals surface area contributed by atoms with Crippen molar-refractivity contribution in [3.63, 3.8) is 0 Å². The predicted octanol–water partition coefficient (Wildman–Crippen LogP) is 1.46. The van der Waals surface area contributed by atoms with Gasteiger partial charge in [0.1, 0.15) is 5.82 Å². The third kappa shape index (κ3) is 1.39. The molecular formula is C8H10N4S. The highest BCUT2D eigenvalue weighted by Crippen LogP contribution is 2.12. The molecule has 0 aliphatic heterocycles. The summed E-state index contributed by atoms with van der Waals surface area (Å²) in [6.07, 6.45) is 1.96. The molecule has 2 heterocycles. The molecule has 5 heteroatoms. The Labute approximate surface area is 80.4 Å². The maximum Gasteiger partial charge on any atom is 0.209 e. The Kier molecular flexibility index (Phi) is 1.95. The van der Waals surface area contributed by atoms with Crippen LogP contribution in [0.25, 0.3) is 5.65 Å². The lowest BCUT2D eigenvalue weighted by atomic mass is 10.4. The monoisotopic (exact) mass is 194 g/mol. The molecule has 68 valence electrons. The summed E-state index contributed by atoms with van der Waals surface area (Å²) >= 11 is 1.54. The average molecular weight is 194 g/mol. The topological polar surface area (TPSA) is 43.1 Å². The zero-order valence-electron chi connectivity index (χ0n) is 7.77. The summed E-state index contributed by atoms with van der Waals surface area (Å²) in [7, 11) is 0. The third-order valence-corrected chi connectivity index (χ3v) is 2.32. The van der Waals surface area contributed by atoms with Crippen LogP contribution in [0.5, 0.6) is 0 Å². The highest BCUT2D eigenvalue weighted by atomic mass is 32.2. The minimum atomic E-state index is 0.788. The van der Waals surface area contributed by atoms with Gasteiger partial charge in [0.2, 0.25) is 5.16 Å². The normalized spacial score (nSPS) is 11.0. The Morgan fingerprint density at radius 2 is 2.08 bits per heavy atom. The van der Waals surface area contributed by atoms with Crippen LogP contribution in [0.1, 0.15) is 11.5 Å². The van der Waals surface area contributed by atoms with Crippen LogP contribution in [0.4, 0.5) is 0 Å². The van der Waals surface area contributed by atoms with Gasteiger partial charge in [0.25, 0.3) is 0 Å². The zero-order chi connectivity index (χ0) is 9.42. The van der Waals surface area contributed by atoms with Gasteiger partial charge in [-0.2, -0.15) is 4.52 Å². The number of nitrogens with zero attached hydrogens (tertiary/aromatic N) is 4. The zero-order valence-corrected chi connectivity index (χ0v) is 8.59. The molecule has 13 heavy (non-hydrogen) atoms. The number of hydrogen-bond acceptors (Lipinski definition) is 4. The molecule has 0 aromatic carbocycles. The number of hydrogen-bond donors (Lipinski definition) is 0. The SMILES string of the molecule is CSc1nc2cc(C)nc(C)n2n1. The minimum absolute atomic E-state index is 0.788. The van der Waals surface area contributed by atoms with Crippen molar-refractivity contribution in [1.82, 2.24) is 19.6 Å². The van der Waals surface area contributed by atoms with E-state index >= 15 is 0 Å². The van der Waals surface area contributed by atoms with Crippen molar-refractivity contribution in [2.75, 3.05) is 6.26 Å². The highest BCUT2D eigenvalue weighted by molar-refractivity contribution is 7.98. The molecule has 0 amide bonds. The molecule has 0 aliphatic carbocycles. The first-order chi connectivity index (χ1) is 6.20. The molecule has 0 radical (unpaired) electrons. The lowest BCUT2D eigenvalue weighted by Crippen LogP contribution is -1.98. The number of aromatic nitrogens is 4. The standard InChI is InChI=1S/C8H10N4S/c1-5-4-7-10-8(13-3)11-12(7)6(2)9-5/h4H,1-3H3. The molecule has 4 nitrogen and oxygen atoms in total. The first-order valence-electron chi connectivity index (χ1n) is 3.95. The lowest BCUT2D eigenvalue weighted by Gasteiger charge is -1.97. The van der Waals surface area contributed by atoms with Gasteiger partial charge in [-0.25, -0.2) is 9.97 Å². The summed E-state index contributed by atoms with van der Waals surface area (Å²) in [6, 6.07) is 1.93. The quantitative estimate of drug-likeness (QED) is 0.645. The second-order valence-electron chi connectivity index (χ2n) is 2.81. The summed E-state index contributed by atoms with van der Waals surface area (Å²) < 4.78 is 1.76. The van der Waals surface area contributed by atoms with E-state index in [1.54, 1.807) is 4.52 Å². The van der Waals surface area contributed by atoms with E-state index in [4.69, 9.17) is 0 Å². The van der Waals surface area contributed by atoms with Crippen LogP contribution in [0.2, 0.25) is 0 Å². The molecule has 0 fully saturated rings. The van der Waals surface area contributed by atoms with Crippen molar-refractivity contribution < 1.29 is 0 Å². The summed E-state index contributed by atoms with van der Waals surface area (Å²) in [5.41, 5.74) is 1.85. The van der Waals surface area contributed by atoms with Gasteiger partial charge in [-0.05, 0) is 20.1 Å². The second kappa shape index (κ2) is 2.99. The molecule has 2 aromatic rings. The lowest BCUT2D eigenvalue weighted by molar-refractivity contribution is 0.816. The van der Waals surface area contributed by atoms with Crippen LogP contribution in [-0.4, -0.2) is 25.8 Å². The Bertz CT molecular complexity index is 449. The van der Waals surface area contributed by atoms with Crippen LogP contribution in [0, 0.1) is 13.8 Å². The Hall–Kier alpha value is -1.10. The van der Waals surface area contributed by atoms with Gasteiger partial charge in [-0.3, -0.25) is 0 Å². The van der Waals surface area contributed by atoms with Crippen molar-refractivity contribution in [1.29, 1.82) is 0 Å². The van der Waals surface area contributed by atoms with Gasteiger partial charge in [0, 0.05) is 11.8 Å². The van der Waals surface area contributed by atoms with Gasteiger partial charge in [-0.15, -0.1) is 5.10 Å². The highest BCUT2D eigenvalue weighted by Gasteiger charge is 2.05. The molecule has 0 bridgehead atoms. The van der Waals surface area contributed by atoms with E-state index in [0.29, 0.717) is 0 Å². The number of fused-ring (bicyclic) bond motifs is 1. The van der Waals surface area contributed by atoms with Crippen LogP contribution >= 0.6 is 11.8 Å². The molecule has 0 unspecified atom stereocenters. The average Bonchev–Trinajstić information content (AvgIpc) is 2.47. The molecule has 0 aliphatic rings. The van der Waals surface area contributed by atoms with Crippen LogP contribution in [-0.2, 0) is 0 Å². The molecule has 0 atom stereocenters. The molecular weight excluding hydrogens is 184 g/mol. The molecule has 0 saturated carbocycles. The maximum absolute atomic E-state index is 4.33. The summed E-state index contributed by atoms with van der Waals surface area (Å²) in [5.74, 6) is 0.878. The van der Waals surface area contributed by atoms with Gasteiger partial charge < -0.3 is 0 Å². The third-order valence-electron chi connectivity index (χ3n) is 1.78. The van der Waals surface area contributed by atoms with E-state index < -0.39 is 0 Å². The minimum Gasteiger partial charge on any atom is -0.238 e. The molecule has 2 rings (SSSR count). The molecule has 2 aromatic heterocycles. The van der Waals surface area contributed by atoms with E-state index in [-0.39, 0.29) is 0 Å². The number of rotatable bonds is 1. The van der Waals surface area contributed by atoms with Crippen molar-refractivity contribution in [3.8, 4) is 0 Å². The molecule has 0 spiro atoms. The van der Waals surface area contributed by atoms with Crippen molar-refractivity contribution >= 4 is 17.4 Å². The first-order valence-corrected chi connectivity index (χ1v) is 5.18. The van der Waals surface area contributed by atoms with Crippen LogP contribution in [0.15, 0.2) is 11.2 Å². The van der Waals surface area contributed by atoms with Crippen molar-refractivity contribution in [3.05, 3.63) is 17.6 Å². The van der Waals surface area contributed by atoms with E-state index in [1.165, 1.54) is 11.8 Å².